The van der Waals surface area contributed by atoms with Crippen LogP contribution in [0, 0.1) is 0 Å². The molecule has 24 heavy (non-hydrogen) atoms. The van der Waals surface area contributed by atoms with E-state index in [1.54, 1.807) is 6.20 Å². The Morgan fingerprint density at radius 1 is 1.12 bits per heavy atom. The third kappa shape index (κ3) is 4.23. The molecule has 0 bridgehead atoms. The highest BCUT2D eigenvalue weighted by molar-refractivity contribution is 5.40. The number of alkyl halides is 3. The Kier molecular flexibility index (Phi) is 4.99. The number of anilines is 1. The van der Waals surface area contributed by atoms with Gasteiger partial charge in [0.2, 0.25) is 0 Å². The van der Waals surface area contributed by atoms with Crippen molar-refractivity contribution in [1.29, 1.82) is 0 Å². The molecule has 1 saturated heterocycles. The van der Waals surface area contributed by atoms with Gasteiger partial charge in [0.1, 0.15) is 5.82 Å². The SMILES string of the molecule is FC(F)(F)c1ccc(N2CCC(NCc3cccnc3)CC2)nc1. The molecule has 0 atom stereocenters. The number of halogens is 3. The Balaban J connectivity index is 1.50. The molecule has 1 fully saturated rings. The largest absolute Gasteiger partial charge is 0.417 e. The molecule has 0 spiro atoms. The van der Waals surface area contributed by atoms with Crippen LogP contribution in [0.15, 0.2) is 42.9 Å². The summed E-state index contributed by atoms with van der Waals surface area (Å²) in [6.45, 7) is 2.34. The number of nitrogens with one attached hydrogen (secondary N) is 1. The van der Waals surface area contributed by atoms with E-state index >= 15 is 0 Å². The van der Waals surface area contributed by atoms with Gasteiger partial charge >= 0.3 is 6.18 Å². The number of nitrogens with zero attached hydrogens (tertiary/aromatic N) is 3. The average molecular weight is 336 g/mol. The molecule has 2 aromatic rings. The minimum atomic E-state index is -4.34. The molecule has 7 heteroatoms. The highest BCUT2D eigenvalue weighted by atomic mass is 19.4. The first-order valence-corrected chi connectivity index (χ1v) is 7.93. The number of hydrogen-bond acceptors (Lipinski definition) is 4. The minimum Gasteiger partial charge on any atom is -0.357 e. The molecule has 3 rings (SSSR count). The lowest BCUT2D eigenvalue weighted by Crippen LogP contribution is -2.42. The zero-order valence-electron chi connectivity index (χ0n) is 13.1. The van der Waals surface area contributed by atoms with E-state index in [1.807, 2.05) is 23.2 Å². The summed E-state index contributed by atoms with van der Waals surface area (Å²) in [5, 5.41) is 3.50. The predicted octanol–water partition coefficient (Wildman–Crippen LogP) is 3.25. The van der Waals surface area contributed by atoms with Crippen LogP contribution in [0.4, 0.5) is 19.0 Å². The number of pyridine rings is 2. The number of rotatable bonds is 4. The fourth-order valence-corrected chi connectivity index (χ4v) is 2.82. The summed E-state index contributed by atoms with van der Waals surface area (Å²) in [7, 11) is 0. The van der Waals surface area contributed by atoms with Crippen LogP contribution in [0.5, 0.6) is 0 Å². The van der Waals surface area contributed by atoms with Gasteiger partial charge in [-0.3, -0.25) is 4.98 Å². The van der Waals surface area contributed by atoms with Gasteiger partial charge in [0.05, 0.1) is 5.56 Å². The maximum atomic E-state index is 12.6. The Morgan fingerprint density at radius 2 is 1.92 bits per heavy atom. The third-order valence-corrected chi connectivity index (χ3v) is 4.21. The fraction of sp³-hybridized carbons (Fsp3) is 0.412. The lowest BCUT2D eigenvalue weighted by atomic mass is 10.0. The van der Waals surface area contributed by atoms with Crippen LogP contribution in [0.2, 0.25) is 0 Å². The van der Waals surface area contributed by atoms with Crippen LogP contribution in [0.25, 0.3) is 0 Å². The zero-order valence-corrected chi connectivity index (χ0v) is 13.1. The standard InChI is InChI=1S/C17H19F3N4/c18-17(19,20)14-3-4-16(23-12-14)24-8-5-15(6-9-24)22-11-13-2-1-7-21-10-13/h1-4,7,10,12,15,22H,5-6,8-9,11H2. The second kappa shape index (κ2) is 7.17. The average Bonchev–Trinajstić information content (AvgIpc) is 2.61. The van der Waals surface area contributed by atoms with Crippen LogP contribution in [-0.4, -0.2) is 29.1 Å². The van der Waals surface area contributed by atoms with Crippen molar-refractivity contribution < 1.29 is 13.2 Å². The van der Waals surface area contributed by atoms with Crippen LogP contribution in [0.3, 0.4) is 0 Å². The maximum absolute atomic E-state index is 12.6. The van der Waals surface area contributed by atoms with Gasteiger partial charge in [-0.15, -0.1) is 0 Å². The fourth-order valence-electron chi connectivity index (χ4n) is 2.82. The van der Waals surface area contributed by atoms with Gasteiger partial charge in [-0.2, -0.15) is 13.2 Å². The molecule has 4 nitrogen and oxygen atoms in total. The quantitative estimate of drug-likeness (QED) is 0.930. The van der Waals surface area contributed by atoms with Gasteiger partial charge in [0.25, 0.3) is 0 Å². The first-order chi connectivity index (χ1) is 11.5. The van der Waals surface area contributed by atoms with Crippen molar-refractivity contribution in [1.82, 2.24) is 15.3 Å². The van der Waals surface area contributed by atoms with Crippen molar-refractivity contribution in [3.63, 3.8) is 0 Å². The molecule has 2 aromatic heterocycles. The normalized spacial score (nSPS) is 16.4. The molecule has 3 heterocycles. The molecular weight excluding hydrogens is 317 g/mol. The second-order valence-electron chi connectivity index (χ2n) is 5.91. The van der Waals surface area contributed by atoms with E-state index in [4.69, 9.17) is 0 Å². The summed E-state index contributed by atoms with van der Waals surface area (Å²) >= 11 is 0. The first kappa shape index (κ1) is 16.7. The van der Waals surface area contributed by atoms with Crippen LogP contribution < -0.4 is 10.2 Å². The smallest absolute Gasteiger partial charge is 0.357 e. The Bertz CT molecular complexity index is 635. The van der Waals surface area contributed by atoms with Crippen molar-refractivity contribution in [2.24, 2.45) is 0 Å². The zero-order chi connectivity index (χ0) is 17.0. The highest BCUT2D eigenvalue weighted by Gasteiger charge is 2.31. The number of piperidine rings is 1. The van der Waals surface area contributed by atoms with Crippen LogP contribution in [-0.2, 0) is 12.7 Å². The van der Waals surface area contributed by atoms with E-state index in [2.05, 4.69) is 15.3 Å². The van der Waals surface area contributed by atoms with E-state index in [-0.39, 0.29) is 0 Å². The summed E-state index contributed by atoms with van der Waals surface area (Å²) in [4.78, 5) is 10.1. The lowest BCUT2D eigenvalue weighted by molar-refractivity contribution is -0.137. The third-order valence-electron chi connectivity index (χ3n) is 4.21. The summed E-state index contributed by atoms with van der Waals surface area (Å²) in [5.41, 5.74) is 0.434. The molecule has 0 aliphatic carbocycles. The summed E-state index contributed by atoms with van der Waals surface area (Å²) in [6, 6.07) is 6.88. The van der Waals surface area contributed by atoms with Gasteiger partial charge in [-0.25, -0.2) is 4.98 Å². The minimum absolute atomic E-state index is 0.399. The van der Waals surface area contributed by atoms with Crippen LogP contribution >= 0.6 is 0 Å². The van der Waals surface area contributed by atoms with Crippen molar-refractivity contribution in [2.75, 3.05) is 18.0 Å². The monoisotopic (exact) mass is 336 g/mol. The molecule has 1 aliphatic rings. The molecule has 0 amide bonds. The van der Waals surface area contributed by atoms with Crippen molar-refractivity contribution in [3.8, 4) is 0 Å². The van der Waals surface area contributed by atoms with Crippen molar-refractivity contribution in [3.05, 3.63) is 54.0 Å². The summed E-state index contributed by atoms with van der Waals surface area (Å²) < 4.78 is 37.7. The van der Waals surface area contributed by atoms with Gasteiger partial charge in [0, 0.05) is 44.3 Å². The first-order valence-electron chi connectivity index (χ1n) is 7.93. The van der Waals surface area contributed by atoms with E-state index in [0.717, 1.165) is 50.3 Å². The molecule has 0 unspecified atom stereocenters. The molecular formula is C17H19F3N4. The molecule has 0 aromatic carbocycles. The predicted molar refractivity (Wildman–Crippen MR) is 85.6 cm³/mol. The van der Waals surface area contributed by atoms with Gasteiger partial charge in [-0.1, -0.05) is 6.07 Å². The number of hydrogen-bond donors (Lipinski definition) is 1. The summed E-state index contributed by atoms with van der Waals surface area (Å²) in [6.07, 6.45) is 2.02. The molecule has 0 radical (unpaired) electrons. The Labute approximate surface area is 138 Å². The maximum Gasteiger partial charge on any atom is 0.417 e. The number of aromatic nitrogens is 2. The second-order valence-corrected chi connectivity index (χ2v) is 5.91. The van der Waals surface area contributed by atoms with Crippen molar-refractivity contribution >= 4 is 5.82 Å². The van der Waals surface area contributed by atoms with E-state index in [1.165, 1.54) is 6.07 Å². The van der Waals surface area contributed by atoms with Gasteiger partial charge in [-0.05, 0) is 36.6 Å². The lowest BCUT2D eigenvalue weighted by Gasteiger charge is -2.33. The highest BCUT2D eigenvalue weighted by Crippen LogP contribution is 2.29. The molecule has 1 N–H and O–H groups in total. The topological polar surface area (TPSA) is 41.0 Å². The van der Waals surface area contributed by atoms with Gasteiger partial charge in [0.15, 0.2) is 0 Å². The van der Waals surface area contributed by atoms with E-state index < -0.39 is 11.7 Å². The van der Waals surface area contributed by atoms with Crippen molar-refractivity contribution in [2.45, 2.75) is 31.6 Å². The summed E-state index contributed by atoms with van der Waals surface area (Å²) in [5.74, 6) is 0.605. The Morgan fingerprint density at radius 3 is 2.50 bits per heavy atom. The molecule has 1 aliphatic heterocycles. The van der Waals surface area contributed by atoms with Gasteiger partial charge < -0.3 is 10.2 Å². The molecule has 128 valence electrons. The van der Waals surface area contributed by atoms with E-state index in [9.17, 15) is 13.2 Å². The molecule has 0 saturated carbocycles. The van der Waals surface area contributed by atoms with E-state index in [0.29, 0.717) is 11.9 Å². The Hall–Kier alpha value is -2.15. The van der Waals surface area contributed by atoms with Crippen LogP contribution in [0.1, 0.15) is 24.0 Å².